The van der Waals surface area contributed by atoms with Crippen molar-refractivity contribution in [3.05, 3.63) is 21.9 Å². The van der Waals surface area contributed by atoms with Crippen molar-refractivity contribution in [1.29, 1.82) is 0 Å². The third-order valence-corrected chi connectivity index (χ3v) is 5.92. The van der Waals surface area contributed by atoms with Crippen LogP contribution in [0.1, 0.15) is 29.6 Å². The average molecular weight is 270 g/mol. The van der Waals surface area contributed by atoms with Gasteiger partial charge in [0.1, 0.15) is 0 Å². The summed E-state index contributed by atoms with van der Waals surface area (Å²) < 4.78 is 0. The predicted octanol–water partition coefficient (Wildman–Crippen LogP) is 2.75. The van der Waals surface area contributed by atoms with Gasteiger partial charge >= 0.3 is 0 Å². The Labute approximate surface area is 113 Å². The molecule has 1 saturated heterocycles. The van der Waals surface area contributed by atoms with Crippen LogP contribution < -0.4 is 5.73 Å². The normalized spacial score (nSPS) is 23.8. The summed E-state index contributed by atoms with van der Waals surface area (Å²) in [7, 11) is 0. The number of hydrogen-bond acceptors (Lipinski definition) is 4. The molecule has 96 valence electrons. The molecule has 0 saturated carbocycles. The molecular weight excluding hydrogens is 248 g/mol. The Morgan fingerprint density at radius 1 is 1.53 bits per heavy atom. The van der Waals surface area contributed by atoms with Gasteiger partial charge in [0, 0.05) is 40.4 Å². The van der Waals surface area contributed by atoms with Crippen molar-refractivity contribution in [2.45, 2.75) is 32.4 Å². The highest BCUT2D eigenvalue weighted by atomic mass is 32.2. The lowest BCUT2D eigenvalue weighted by atomic mass is 10.1. The van der Waals surface area contributed by atoms with Crippen molar-refractivity contribution in [2.75, 3.05) is 24.6 Å². The molecule has 2 rings (SSSR count). The number of nitrogens with two attached hydrogens (primary N) is 1. The monoisotopic (exact) mass is 270 g/mol. The van der Waals surface area contributed by atoms with Crippen LogP contribution >= 0.6 is 23.1 Å². The van der Waals surface area contributed by atoms with Gasteiger partial charge in [0.2, 0.25) is 0 Å². The molecule has 0 amide bonds. The standard InChI is InChI=1S/C13H22N2S2/c1-3-11-4-5-13(17-11)12(8-14)15-6-7-16-9-10(15)2/h4-5,10,12H,3,6-9,14H2,1-2H3. The first-order valence-electron chi connectivity index (χ1n) is 6.38. The zero-order valence-electron chi connectivity index (χ0n) is 10.7. The van der Waals surface area contributed by atoms with Gasteiger partial charge in [-0.25, -0.2) is 0 Å². The summed E-state index contributed by atoms with van der Waals surface area (Å²) in [6.07, 6.45) is 1.13. The fourth-order valence-corrected chi connectivity index (χ4v) is 4.51. The molecule has 0 spiro atoms. The second-order valence-corrected chi connectivity index (χ2v) is 6.92. The van der Waals surface area contributed by atoms with E-state index in [1.54, 1.807) is 0 Å². The van der Waals surface area contributed by atoms with Crippen LogP contribution in [-0.4, -0.2) is 35.5 Å². The molecule has 17 heavy (non-hydrogen) atoms. The van der Waals surface area contributed by atoms with Crippen molar-refractivity contribution < 1.29 is 0 Å². The van der Waals surface area contributed by atoms with E-state index in [0.29, 0.717) is 12.1 Å². The van der Waals surface area contributed by atoms with Gasteiger partial charge in [-0.05, 0) is 25.5 Å². The molecule has 0 radical (unpaired) electrons. The zero-order valence-corrected chi connectivity index (χ0v) is 12.3. The van der Waals surface area contributed by atoms with Gasteiger partial charge in [-0.3, -0.25) is 4.90 Å². The Morgan fingerprint density at radius 3 is 2.94 bits per heavy atom. The smallest absolute Gasteiger partial charge is 0.0567 e. The molecule has 2 nitrogen and oxygen atoms in total. The second kappa shape index (κ2) is 6.23. The zero-order chi connectivity index (χ0) is 12.3. The number of nitrogens with zero attached hydrogens (tertiary/aromatic N) is 1. The van der Waals surface area contributed by atoms with Gasteiger partial charge < -0.3 is 5.73 Å². The summed E-state index contributed by atoms with van der Waals surface area (Å²) in [4.78, 5) is 5.50. The molecule has 2 unspecified atom stereocenters. The summed E-state index contributed by atoms with van der Waals surface area (Å²) in [6, 6.07) is 5.60. The summed E-state index contributed by atoms with van der Waals surface area (Å²) in [6.45, 7) is 6.45. The van der Waals surface area contributed by atoms with Crippen molar-refractivity contribution in [2.24, 2.45) is 5.73 Å². The number of hydrogen-bond donors (Lipinski definition) is 1. The highest BCUT2D eigenvalue weighted by molar-refractivity contribution is 7.99. The molecule has 4 heteroatoms. The number of aryl methyl sites for hydroxylation is 1. The summed E-state index contributed by atoms with van der Waals surface area (Å²) in [5, 5.41) is 0. The van der Waals surface area contributed by atoms with Crippen LogP contribution in [0.3, 0.4) is 0 Å². The maximum atomic E-state index is 6.01. The molecule has 1 aromatic heterocycles. The maximum Gasteiger partial charge on any atom is 0.0567 e. The number of rotatable bonds is 4. The number of thiophene rings is 1. The van der Waals surface area contributed by atoms with Gasteiger partial charge in [0.25, 0.3) is 0 Å². The van der Waals surface area contributed by atoms with E-state index in [1.807, 2.05) is 11.3 Å². The molecule has 0 aliphatic carbocycles. The van der Waals surface area contributed by atoms with Crippen LogP contribution in [0.25, 0.3) is 0 Å². The van der Waals surface area contributed by atoms with E-state index < -0.39 is 0 Å². The van der Waals surface area contributed by atoms with Crippen LogP contribution in [0.2, 0.25) is 0 Å². The first-order chi connectivity index (χ1) is 8.26. The lowest BCUT2D eigenvalue weighted by molar-refractivity contribution is 0.168. The molecule has 2 heterocycles. The van der Waals surface area contributed by atoms with Gasteiger partial charge in [0.05, 0.1) is 6.04 Å². The highest BCUT2D eigenvalue weighted by Crippen LogP contribution is 2.31. The third kappa shape index (κ3) is 3.05. The maximum absolute atomic E-state index is 6.01. The molecule has 2 N–H and O–H groups in total. The van der Waals surface area contributed by atoms with Crippen LogP contribution in [-0.2, 0) is 6.42 Å². The molecule has 0 bridgehead atoms. The minimum Gasteiger partial charge on any atom is -0.329 e. The van der Waals surface area contributed by atoms with Crippen molar-refractivity contribution >= 4 is 23.1 Å². The van der Waals surface area contributed by atoms with E-state index in [9.17, 15) is 0 Å². The molecule has 1 aliphatic heterocycles. The van der Waals surface area contributed by atoms with Crippen LogP contribution in [0.4, 0.5) is 0 Å². The van der Waals surface area contributed by atoms with Gasteiger partial charge in [-0.2, -0.15) is 11.8 Å². The Hall–Kier alpha value is -0.0300. The van der Waals surface area contributed by atoms with Crippen molar-refractivity contribution in [3.8, 4) is 0 Å². The first kappa shape index (κ1) is 13.4. The van der Waals surface area contributed by atoms with E-state index in [0.717, 1.165) is 13.0 Å². The highest BCUT2D eigenvalue weighted by Gasteiger charge is 2.27. The Bertz CT molecular complexity index is 351. The van der Waals surface area contributed by atoms with E-state index in [4.69, 9.17) is 5.73 Å². The van der Waals surface area contributed by atoms with Crippen LogP contribution in [0, 0.1) is 0 Å². The number of thioether (sulfide) groups is 1. The first-order valence-corrected chi connectivity index (χ1v) is 8.35. The fraction of sp³-hybridized carbons (Fsp3) is 0.692. The Kier molecular flexibility index (Phi) is 4.91. The van der Waals surface area contributed by atoms with E-state index >= 15 is 0 Å². The summed E-state index contributed by atoms with van der Waals surface area (Å²) in [5.41, 5.74) is 6.01. The van der Waals surface area contributed by atoms with Gasteiger partial charge in [0.15, 0.2) is 0 Å². The quantitative estimate of drug-likeness (QED) is 0.912. The predicted molar refractivity (Wildman–Crippen MR) is 79.0 cm³/mol. The lowest BCUT2D eigenvalue weighted by Gasteiger charge is -2.38. The van der Waals surface area contributed by atoms with Crippen LogP contribution in [0.15, 0.2) is 12.1 Å². The second-order valence-electron chi connectivity index (χ2n) is 4.57. The molecule has 1 aromatic rings. The largest absolute Gasteiger partial charge is 0.329 e. The average Bonchev–Trinajstić information content (AvgIpc) is 2.81. The van der Waals surface area contributed by atoms with E-state index in [2.05, 4.69) is 42.6 Å². The Morgan fingerprint density at radius 2 is 2.35 bits per heavy atom. The van der Waals surface area contributed by atoms with Gasteiger partial charge in [-0.1, -0.05) is 6.92 Å². The van der Waals surface area contributed by atoms with Crippen molar-refractivity contribution in [3.63, 3.8) is 0 Å². The molecule has 1 fully saturated rings. The fourth-order valence-electron chi connectivity index (χ4n) is 2.38. The lowest BCUT2D eigenvalue weighted by Crippen LogP contribution is -2.44. The topological polar surface area (TPSA) is 29.3 Å². The third-order valence-electron chi connectivity index (χ3n) is 3.40. The minimum atomic E-state index is 0.427. The molecule has 1 aliphatic rings. The minimum absolute atomic E-state index is 0.427. The summed E-state index contributed by atoms with van der Waals surface area (Å²) in [5.74, 6) is 2.48. The van der Waals surface area contributed by atoms with E-state index in [1.165, 1.54) is 27.8 Å². The van der Waals surface area contributed by atoms with Gasteiger partial charge in [-0.15, -0.1) is 11.3 Å². The molecule has 0 aromatic carbocycles. The Balaban J connectivity index is 2.14. The van der Waals surface area contributed by atoms with E-state index in [-0.39, 0.29) is 0 Å². The van der Waals surface area contributed by atoms with Crippen LogP contribution in [0.5, 0.6) is 0 Å². The SMILES string of the molecule is CCc1ccc(C(CN)N2CCSCC2C)s1. The molecule has 2 atom stereocenters. The summed E-state index contributed by atoms with van der Waals surface area (Å²) >= 11 is 3.99. The molecular formula is C13H22N2S2. The van der Waals surface area contributed by atoms with Crippen molar-refractivity contribution in [1.82, 2.24) is 4.90 Å².